The zero-order chi connectivity index (χ0) is 22.4. The second kappa shape index (κ2) is 10.3. The first kappa shape index (κ1) is 22.6. The number of anilines is 1. The van der Waals surface area contributed by atoms with Crippen LogP contribution in [0.3, 0.4) is 0 Å². The molecular formula is C24H30N2O5. The van der Waals surface area contributed by atoms with Crippen LogP contribution in [0.4, 0.5) is 5.69 Å². The maximum Gasteiger partial charge on any atom is 0.262 e. The summed E-state index contributed by atoms with van der Waals surface area (Å²) in [5, 5.41) is 0. The molecule has 2 aromatic rings. The van der Waals surface area contributed by atoms with Crippen LogP contribution in [-0.4, -0.2) is 57.7 Å². The number of carbonyl (C=O) groups excluding carboxylic acids is 2. The van der Waals surface area contributed by atoms with Crippen molar-refractivity contribution in [1.29, 1.82) is 0 Å². The topological polar surface area (TPSA) is 68.3 Å². The fourth-order valence-electron chi connectivity index (χ4n) is 3.89. The molecule has 1 heterocycles. The molecule has 0 spiro atoms. The van der Waals surface area contributed by atoms with Gasteiger partial charge in [-0.2, -0.15) is 0 Å². The van der Waals surface area contributed by atoms with Crippen molar-refractivity contribution < 1.29 is 23.8 Å². The lowest BCUT2D eigenvalue weighted by Gasteiger charge is -2.34. The highest BCUT2D eigenvalue weighted by molar-refractivity contribution is 6.04. The van der Waals surface area contributed by atoms with Crippen molar-refractivity contribution in [1.82, 2.24) is 4.90 Å². The van der Waals surface area contributed by atoms with Gasteiger partial charge < -0.3 is 19.1 Å². The minimum atomic E-state index is -0.331. The number of amides is 2. The first-order valence-electron chi connectivity index (χ1n) is 10.4. The van der Waals surface area contributed by atoms with E-state index in [0.717, 1.165) is 29.7 Å². The second-order valence-corrected chi connectivity index (χ2v) is 7.70. The number of hydrogen-bond acceptors (Lipinski definition) is 6. The Bertz CT molecular complexity index is 924. The number of hydrogen-bond donors (Lipinski definition) is 0. The summed E-state index contributed by atoms with van der Waals surface area (Å²) in [6.07, 6.45) is 2.39. The van der Waals surface area contributed by atoms with Crippen molar-refractivity contribution in [2.45, 2.75) is 32.4 Å². The van der Waals surface area contributed by atoms with Crippen molar-refractivity contribution in [3.8, 4) is 11.5 Å². The molecule has 7 heteroatoms. The van der Waals surface area contributed by atoms with E-state index >= 15 is 0 Å². The molecule has 0 atom stereocenters. The third kappa shape index (κ3) is 5.17. The Hall–Kier alpha value is -3.06. The van der Waals surface area contributed by atoms with Gasteiger partial charge in [-0.3, -0.25) is 14.5 Å². The quantitative estimate of drug-likeness (QED) is 0.603. The van der Waals surface area contributed by atoms with Gasteiger partial charge in [0.05, 0.1) is 26.3 Å². The molecule has 0 radical (unpaired) electrons. The maximum atomic E-state index is 13.4. The van der Waals surface area contributed by atoms with Crippen LogP contribution in [0.2, 0.25) is 0 Å². The SMILES string of the molecule is COc1ccc(CN(C=O)C(=O)c2cc(C)ccc2N(C)C2CCOCC2)cc1OC. The highest BCUT2D eigenvalue weighted by Gasteiger charge is 2.25. The summed E-state index contributed by atoms with van der Waals surface area (Å²) in [6.45, 7) is 3.50. The maximum absolute atomic E-state index is 13.4. The van der Waals surface area contributed by atoms with E-state index in [9.17, 15) is 9.59 Å². The predicted octanol–water partition coefficient (Wildman–Crippen LogP) is 3.43. The van der Waals surface area contributed by atoms with Crippen LogP contribution in [0.5, 0.6) is 11.5 Å². The Balaban J connectivity index is 1.88. The lowest BCUT2D eigenvalue weighted by molar-refractivity contribution is -0.116. The second-order valence-electron chi connectivity index (χ2n) is 7.70. The molecule has 0 aliphatic carbocycles. The number of aryl methyl sites for hydroxylation is 1. The summed E-state index contributed by atoms with van der Waals surface area (Å²) in [4.78, 5) is 28.6. The molecule has 2 aromatic carbocycles. The van der Waals surface area contributed by atoms with Crippen LogP contribution in [0.25, 0.3) is 0 Å². The summed E-state index contributed by atoms with van der Waals surface area (Å²) < 4.78 is 16.1. The van der Waals surface area contributed by atoms with Crippen LogP contribution >= 0.6 is 0 Å². The van der Waals surface area contributed by atoms with E-state index in [2.05, 4.69) is 4.90 Å². The van der Waals surface area contributed by atoms with E-state index in [-0.39, 0.29) is 12.5 Å². The Kier molecular flexibility index (Phi) is 7.52. The van der Waals surface area contributed by atoms with Gasteiger partial charge in [0, 0.05) is 32.0 Å². The molecule has 31 heavy (non-hydrogen) atoms. The number of imide groups is 1. The Morgan fingerprint density at radius 2 is 1.81 bits per heavy atom. The first-order chi connectivity index (χ1) is 15.0. The summed E-state index contributed by atoms with van der Waals surface area (Å²) in [6, 6.07) is 11.4. The van der Waals surface area contributed by atoms with Gasteiger partial charge in [0.1, 0.15) is 0 Å². The smallest absolute Gasteiger partial charge is 0.262 e. The van der Waals surface area contributed by atoms with E-state index in [4.69, 9.17) is 14.2 Å². The average molecular weight is 427 g/mol. The third-order valence-electron chi connectivity index (χ3n) is 5.69. The molecule has 2 amide bonds. The zero-order valence-electron chi connectivity index (χ0n) is 18.6. The average Bonchev–Trinajstić information content (AvgIpc) is 2.81. The predicted molar refractivity (Wildman–Crippen MR) is 119 cm³/mol. The minimum absolute atomic E-state index is 0.136. The highest BCUT2D eigenvalue weighted by Crippen LogP contribution is 2.30. The molecule has 7 nitrogen and oxygen atoms in total. The molecule has 0 N–H and O–H groups in total. The summed E-state index contributed by atoms with van der Waals surface area (Å²) >= 11 is 0. The van der Waals surface area contributed by atoms with Crippen LogP contribution in [0.1, 0.15) is 34.3 Å². The Morgan fingerprint density at radius 3 is 2.45 bits per heavy atom. The van der Waals surface area contributed by atoms with Crippen LogP contribution in [0, 0.1) is 6.92 Å². The third-order valence-corrected chi connectivity index (χ3v) is 5.69. The zero-order valence-corrected chi connectivity index (χ0v) is 18.6. The van der Waals surface area contributed by atoms with Gasteiger partial charge in [0.15, 0.2) is 11.5 Å². The lowest BCUT2D eigenvalue weighted by Crippen LogP contribution is -2.38. The number of methoxy groups -OCH3 is 2. The molecule has 1 fully saturated rings. The fourth-order valence-corrected chi connectivity index (χ4v) is 3.89. The molecule has 3 rings (SSSR count). The lowest BCUT2D eigenvalue weighted by atomic mass is 10.0. The number of benzene rings is 2. The van der Waals surface area contributed by atoms with Crippen molar-refractivity contribution in [3.05, 3.63) is 53.1 Å². The van der Waals surface area contributed by atoms with Gasteiger partial charge >= 0.3 is 0 Å². The normalized spacial score (nSPS) is 14.1. The van der Waals surface area contributed by atoms with E-state index in [1.807, 2.05) is 38.2 Å². The summed E-state index contributed by atoms with van der Waals surface area (Å²) in [5.41, 5.74) is 3.07. The number of nitrogens with zero attached hydrogens (tertiary/aromatic N) is 2. The number of carbonyl (C=O) groups is 2. The largest absolute Gasteiger partial charge is 0.493 e. The van der Waals surface area contributed by atoms with Crippen LogP contribution in [-0.2, 0) is 16.1 Å². The van der Waals surface area contributed by atoms with Crippen molar-refractivity contribution >= 4 is 18.0 Å². The Morgan fingerprint density at radius 1 is 1.10 bits per heavy atom. The van der Waals surface area contributed by atoms with E-state index in [0.29, 0.717) is 42.7 Å². The molecule has 0 saturated carbocycles. The van der Waals surface area contributed by atoms with E-state index in [1.54, 1.807) is 26.4 Å². The van der Waals surface area contributed by atoms with Gasteiger partial charge in [-0.05, 0) is 49.6 Å². The monoisotopic (exact) mass is 426 g/mol. The molecule has 1 aliphatic rings. The minimum Gasteiger partial charge on any atom is -0.493 e. The molecule has 1 aliphatic heterocycles. The van der Waals surface area contributed by atoms with Gasteiger partial charge in [-0.1, -0.05) is 17.7 Å². The number of rotatable bonds is 8. The van der Waals surface area contributed by atoms with E-state index in [1.165, 1.54) is 4.90 Å². The standard InChI is InChI=1S/C24H30N2O5/c1-17-5-7-21(25(2)19-9-11-31-12-10-19)20(13-17)24(28)26(16-27)15-18-6-8-22(29-3)23(14-18)30-4/h5-8,13-14,16,19H,9-12,15H2,1-4H3. The summed E-state index contributed by atoms with van der Waals surface area (Å²) in [5.74, 6) is 0.811. The van der Waals surface area contributed by atoms with Crippen molar-refractivity contribution in [3.63, 3.8) is 0 Å². The molecule has 0 aromatic heterocycles. The number of ether oxygens (including phenoxy) is 3. The highest BCUT2D eigenvalue weighted by atomic mass is 16.5. The molecule has 166 valence electrons. The molecule has 1 saturated heterocycles. The van der Waals surface area contributed by atoms with Gasteiger partial charge in [0.25, 0.3) is 5.91 Å². The van der Waals surface area contributed by atoms with Crippen molar-refractivity contribution in [2.75, 3.05) is 39.4 Å². The van der Waals surface area contributed by atoms with E-state index < -0.39 is 0 Å². The van der Waals surface area contributed by atoms with Crippen molar-refractivity contribution in [2.24, 2.45) is 0 Å². The molecule has 0 bridgehead atoms. The fraction of sp³-hybridized carbons (Fsp3) is 0.417. The molecule has 0 unspecified atom stereocenters. The van der Waals surface area contributed by atoms with Gasteiger partial charge in [-0.25, -0.2) is 0 Å². The van der Waals surface area contributed by atoms with Gasteiger partial charge in [0.2, 0.25) is 6.41 Å². The summed E-state index contributed by atoms with van der Waals surface area (Å²) in [7, 11) is 5.11. The van der Waals surface area contributed by atoms with Crippen LogP contribution < -0.4 is 14.4 Å². The Labute approximate surface area is 183 Å². The van der Waals surface area contributed by atoms with Crippen LogP contribution in [0.15, 0.2) is 36.4 Å². The first-order valence-corrected chi connectivity index (χ1v) is 10.4. The molecular weight excluding hydrogens is 396 g/mol. The van der Waals surface area contributed by atoms with Gasteiger partial charge in [-0.15, -0.1) is 0 Å².